The lowest BCUT2D eigenvalue weighted by Gasteiger charge is -1.92. The Balaban J connectivity index is 0. The van der Waals surface area contributed by atoms with Crippen LogP contribution in [0.4, 0.5) is 0 Å². The van der Waals surface area contributed by atoms with E-state index >= 15 is 0 Å². The van der Waals surface area contributed by atoms with Crippen molar-refractivity contribution in [3.63, 3.8) is 0 Å². The van der Waals surface area contributed by atoms with E-state index in [4.69, 9.17) is 9.11 Å². The molecular formula is CH8N2O5S3. The standard InChI is InChI=1S/CH4O5S3.H4N2/c2-8(3,4)1-9(5,6)7;1-2/h1H2,(H,2,3,4)(H,5,6,7);1-2H2. The van der Waals surface area contributed by atoms with Crippen molar-refractivity contribution >= 4 is 30.1 Å². The first-order chi connectivity index (χ1) is 4.71. The lowest BCUT2D eigenvalue weighted by atomic mass is 11.9. The molecule has 0 radical (unpaired) electrons. The highest BCUT2D eigenvalue weighted by Gasteiger charge is 2.12. The molecule has 0 aliphatic heterocycles. The Hall–Kier alpha value is 0.160. The van der Waals surface area contributed by atoms with Gasteiger partial charge in [0.2, 0.25) is 0 Å². The van der Waals surface area contributed by atoms with Crippen LogP contribution in [-0.2, 0) is 30.1 Å². The predicted octanol–water partition coefficient (Wildman–Crippen LogP) is -2.13. The van der Waals surface area contributed by atoms with Gasteiger partial charge >= 0.3 is 0 Å². The van der Waals surface area contributed by atoms with Gasteiger partial charge in [-0.25, -0.2) is 4.21 Å². The highest BCUT2D eigenvalue weighted by atomic mass is 32.8. The smallest absolute Gasteiger partial charge is 0.279 e. The van der Waals surface area contributed by atoms with Crippen LogP contribution in [0.1, 0.15) is 0 Å². The average Bonchev–Trinajstić information content (AvgIpc) is 1.60. The summed E-state index contributed by atoms with van der Waals surface area (Å²) in [7, 11) is -8.20. The van der Waals surface area contributed by atoms with Crippen molar-refractivity contribution in [1.82, 2.24) is 0 Å². The summed E-state index contributed by atoms with van der Waals surface area (Å²) in [6.45, 7) is 0. The first kappa shape index (κ1) is 13.7. The molecule has 0 aromatic carbocycles. The topological polar surface area (TPSA) is 144 Å². The molecule has 0 saturated heterocycles. The third-order valence-corrected chi connectivity index (χ3v) is 3.55. The van der Waals surface area contributed by atoms with Gasteiger partial charge in [-0.3, -0.25) is 16.2 Å². The molecule has 0 heterocycles. The van der Waals surface area contributed by atoms with E-state index in [1.54, 1.807) is 0 Å². The van der Waals surface area contributed by atoms with E-state index in [1.807, 2.05) is 0 Å². The third kappa shape index (κ3) is 17.8. The van der Waals surface area contributed by atoms with E-state index < -0.39 is 24.0 Å². The van der Waals surface area contributed by atoms with E-state index in [2.05, 4.69) is 22.9 Å². The van der Waals surface area contributed by atoms with Gasteiger partial charge in [0.05, 0.1) is 0 Å². The highest BCUT2D eigenvalue weighted by molar-refractivity contribution is 8.33. The second-order valence-electron chi connectivity index (χ2n) is 1.28. The van der Waals surface area contributed by atoms with Crippen molar-refractivity contribution in [2.75, 3.05) is 5.08 Å². The fourth-order valence-electron chi connectivity index (χ4n) is 0.188. The minimum absolute atomic E-state index is 1.28. The third-order valence-electron chi connectivity index (χ3n) is 0.298. The maximum Gasteiger partial charge on any atom is 0.279 e. The molecule has 0 spiro atoms. The fourth-order valence-corrected chi connectivity index (χ4v) is 2.79. The second-order valence-corrected chi connectivity index (χ2v) is 6.11. The lowest BCUT2D eigenvalue weighted by Crippen LogP contribution is -2.12. The molecule has 10 heteroatoms. The van der Waals surface area contributed by atoms with Crippen molar-refractivity contribution in [3.05, 3.63) is 0 Å². The number of nitrogens with two attached hydrogens (primary N) is 2. The SMILES string of the molecule is NN.O=S(=O)(O)CS(=O)(O)=S. The molecule has 1 atom stereocenters. The molecule has 0 aliphatic carbocycles. The summed E-state index contributed by atoms with van der Waals surface area (Å²) in [5, 5.41) is -1.28. The van der Waals surface area contributed by atoms with E-state index in [0.29, 0.717) is 0 Å². The largest absolute Gasteiger partial charge is 0.305 e. The summed E-state index contributed by atoms with van der Waals surface area (Å²) in [6.07, 6.45) is 0. The summed E-state index contributed by atoms with van der Waals surface area (Å²) >= 11 is 3.78. The summed E-state index contributed by atoms with van der Waals surface area (Å²) in [5.41, 5.74) is 0. The van der Waals surface area contributed by atoms with Gasteiger partial charge in [0.15, 0.2) is 13.9 Å². The zero-order valence-electron chi connectivity index (χ0n) is 5.21. The van der Waals surface area contributed by atoms with Crippen LogP contribution >= 0.6 is 0 Å². The highest BCUT2D eigenvalue weighted by Crippen LogP contribution is 1.89. The summed E-state index contributed by atoms with van der Waals surface area (Å²) in [5.74, 6) is 8.00. The summed E-state index contributed by atoms with van der Waals surface area (Å²) in [6, 6.07) is 0. The van der Waals surface area contributed by atoms with Crippen LogP contribution in [-0.4, -0.2) is 26.8 Å². The molecule has 0 fully saturated rings. The van der Waals surface area contributed by atoms with Crippen molar-refractivity contribution in [3.8, 4) is 0 Å². The first-order valence-corrected chi connectivity index (χ1v) is 6.16. The number of hydrazine groups is 1. The number of rotatable bonds is 2. The molecule has 0 amide bonds. The molecule has 0 aromatic heterocycles. The summed E-state index contributed by atoms with van der Waals surface area (Å²) < 4.78 is 45.7. The Bertz CT molecular complexity index is 245. The minimum atomic E-state index is -4.41. The molecule has 0 aromatic rings. The van der Waals surface area contributed by atoms with E-state index in [-0.39, 0.29) is 0 Å². The van der Waals surface area contributed by atoms with E-state index in [1.165, 1.54) is 0 Å². The quantitative estimate of drug-likeness (QED) is 0.236. The monoisotopic (exact) mass is 224 g/mol. The molecule has 11 heavy (non-hydrogen) atoms. The first-order valence-electron chi connectivity index (χ1n) is 1.94. The zero-order chi connectivity index (χ0) is 9.71. The maximum absolute atomic E-state index is 10.0. The Labute approximate surface area is 69.0 Å². The van der Waals surface area contributed by atoms with Crippen molar-refractivity contribution in [2.24, 2.45) is 11.7 Å². The van der Waals surface area contributed by atoms with Crippen LogP contribution in [0.25, 0.3) is 0 Å². The van der Waals surface area contributed by atoms with Crippen LogP contribution in [0.5, 0.6) is 0 Å². The number of hydrogen-bond acceptors (Lipinski definition) is 6. The van der Waals surface area contributed by atoms with Gasteiger partial charge in [-0.05, 0) is 0 Å². The Morgan fingerprint density at radius 2 is 1.45 bits per heavy atom. The predicted molar refractivity (Wildman–Crippen MR) is 42.9 cm³/mol. The van der Waals surface area contributed by atoms with Gasteiger partial charge in [0.1, 0.15) is 0 Å². The molecule has 0 saturated carbocycles. The molecule has 0 bridgehead atoms. The van der Waals surface area contributed by atoms with Gasteiger partial charge in [-0.2, -0.15) is 8.42 Å². The molecular weight excluding hydrogens is 216 g/mol. The molecule has 1 unspecified atom stereocenters. The Morgan fingerprint density at radius 3 is 1.45 bits per heavy atom. The zero-order valence-corrected chi connectivity index (χ0v) is 7.66. The Morgan fingerprint density at radius 1 is 1.18 bits per heavy atom. The lowest BCUT2D eigenvalue weighted by molar-refractivity contribution is 0.486. The molecule has 0 aliphatic rings. The van der Waals surface area contributed by atoms with Gasteiger partial charge in [-0.15, -0.1) is 0 Å². The van der Waals surface area contributed by atoms with Crippen LogP contribution in [0.15, 0.2) is 0 Å². The summed E-state index contributed by atoms with van der Waals surface area (Å²) in [4.78, 5) is 0. The van der Waals surface area contributed by atoms with Crippen molar-refractivity contribution in [2.45, 2.75) is 0 Å². The Kier molecular flexibility index (Phi) is 6.14. The molecule has 0 rings (SSSR count). The van der Waals surface area contributed by atoms with Gasteiger partial charge in [0, 0.05) is 11.2 Å². The van der Waals surface area contributed by atoms with Crippen molar-refractivity contribution < 1.29 is 21.7 Å². The van der Waals surface area contributed by atoms with Crippen LogP contribution in [0, 0.1) is 0 Å². The molecule has 7 nitrogen and oxygen atoms in total. The van der Waals surface area contributed by atoms with Crippen LogP contribution in [0.2, 0.25) is 0 Å². The normalized spacial score (nSPS) is 16.0. The number of hydrogen-bond donors (Lipinski definition) is 4. The fraction of sp³-hybridized carbons (Fsp3) is 1.00. The maximum atomic E-state index is 10.0. The average molecular weight is 224 g/mol. The van der Waals surface area contributed by atoms with Gasteiger partial charge in [-0.1, -0.05) is 0 Å². The second kappa shape index (κ2) is 4.92. The van der Waals surface area contributed by atoms with Gasteiger partial charge in [0.25, 0.3) is 10.1 Å². The van der Waals surface area contributed by atoms with Crippen LogP contribution in [0.3, 0.4) is 0 Å². The van der Waals surface area contributed by atoms with Crippen LogP contribution < -0.4 is 11.7 Å². The van der Waals surface area contributed by atoms with Gasteiger partial charge < -0.3 is 4.55 Å². The van der Waals surface area contributed by atoms with E-state index in [0.717, 1.165) is 0 Å². The minimum Gasteiger partial charge on any atom is -0.305 e. The molecule has 70 valence electrons. The molecule has 6 N–H and O–H groups in total. The van der Waals surface area contributed by atoms with E-state index in [9.17, 15) is 12.6 Å². The van der Waals surface area contributed by atoms with Crippen molar-refractivity contribution in [1.29, 1.82) is 0 Å².